The highest BCUT2D eigenvalue weighted by Crippen LogP contribution is 2.65. The van der Waals surface area contributed by atoms with Crippen molar-refractivity contribution < 1.29 is 10.2 Å². The maximum absolute atomic E-state index is 10.9. The Balaban J connectivity index is 1.60. The van der Waals surface area contributed by atoms with Crippen molar-refractivity contribution in [2.75, 3.05) is 0 Å². The van der Waals surface area contributed by atoms with E-state index < -0.39 is 5.60 Å². The molecule has 0 amide bonds. The molecule has 4 aliphatic rings. The number of hydrogen-bond donors (Lipinski definition) is 2. The van der Waals surface area contributed by atoms with Gasteiger partial charge in [0.1, 0.15) is 5.60 Å². The van der Waals surface area contributed by atoms with E-state index in [-0.39, 0.29) is 11.5 Å². The summed E-state index contributed by atoms with van der Waals surface area (Å²) in [5.74, 6) is 6.53. The molecule has 4 saturated carbocycles. The molecule has 0 spiro atoms. The lowest BCUT2D eigenvalue weighted by Gasteiger charge is -2.56. The number of aliphatic hydroxyl groups is 2. The van der Waals surface area contributed by atoms with Gasteiger partial charge in [-0.3, -0.25) is 0 Å². The summed E-state index contributed by atoms with van der Waals surface area (Å²) in [6, 6.07) is 0. The van der Waals surface area contributed by atoms with Crippen molar-refractivity contribution in [2.24, 2.45) is 35.0 Å². The molecule has 8 atom stereocenters. The van der Waals surface area contributed by atoms with Crippen LogP contribution in [-0.2, 0) is 0 Å². The molecule has 0 unspecified atom stereocenters. The normalized spacial score (nSPS) is 57.4. The lowest BCUT2D eigenvalue weighted by molar-refractivity contribution is -0.111. The minimum atomic E-state index is -0.873. The molecular weight excluding hydrogens is 272 g/mol. The van der Waals surface area contributed by atoms with Crippen LogP contribution in [0.1, 0.15) is 64.7 Å². The van der Waals surface area contributed by atoms with Gasteiger partial charge in [0.05, 0.1) is 6.10 Å². The molecule has 2 N–H and O–H groups in total. The van der Waals surface area contributed by atoms with Gasteiger partial charge >= 0.3 is 0 Å². The van der Waals surface area contributed by atoms with Gasteiger partial charge in [0.15, 0.2) is 0 Å². The number of terminal acetylenes is 1. The average Bonchev–Trinajstić information content (AvgIpc) is 2.79. The Labute approximate surface area is 134 Å². The maximum Gasteiger partial charge on any atom is 0.130 e. The fourth-order valence-electron chi connectivity index (χ4n) is 7.08. The van der Waals surface area contributed by atoms with Crippen molar-refractivity contribution in [1.82, 2.24) is 0 Å². The third-order valence-electron chi connectivity index (χ3n) is 8.32. The Morgan fingerprint density at radius 2 is 1.73 bits per heavy atom. The number of rotatable bonds is 0. The summed E-state index contributed by atoms with van der Waals surface area (Å²) < 4.78 is 0. The van der Waals surface area contributed by atoms with Gasteiger partial charge in [0.2, 0.25) is 0 Å². The Hall–Kier alpha value is -0.520. The fraction of sp³-hybridized carbons (Fsp3) is 0.900. The van der Waals surface area contributed by atoms with Gasteiger partial charge in [-0.1, -0.05) is 12.8 Å². The SMILES string of the molecule is C#C[C@]1(O)CC[C@@H]2[C@@H]3CC[C@@H]4C[C@H](O)CC[C@@H]4[C@H]3CC[C@@]21C. The van der Waals surface area contributed by atoms with Crippen LogP contribution < -0.4 is 0 Å². The van der Waals surface area contributed by atoms with Crippen molar-refractivity contribution in [3.63, 3.8) is 0 Å². The highest BCUT2D eigenvalue weighted by molar-refractivity contribution is 5.23. The summed E-state index contributed by atoms with van der Waals surface area (Å²) in [6.45, 7) is 2.26. The van der Waals surface area contributed by atoms with Crippen LogP contribution in [0.2, 0.25) is 0 Å². The molecule has 0 bridgehead atoms. The van der Waals surface area contributed by atoms with E-state index in [1.54, 1.807) is 0 Å². The molecule has 0 aromatic heterocycles. The Morgan fingerprint density at radius 1 is 0.955 bits per heavy atom. The molecule has 0 aromatic carbocycles. The smallest absolute Gasteiger partial charge is 0.130 e. The summed E-state index contributed by atoms with van der Waals surface area (Å²) >= 11 is 0. The molecule has 0 radical (unpaired) electrons. The Morgan fingerprint density at radius 3 is 2.50 bits per heavy atom. The number of aliphatic hydroxyl groups excluding tert-OH is 1. The fourth-order valence-corrected chi connectivity index (χ4v) is 7.08. The van der Waals surface area contributed by atoms with Crippen LogP contribution in [0.25, 0.3) is 0 Å². The van der Waals surface area contributed by atoms with Gasteiger partial charge in [-0.05, 0) is 87.4 Å². The van der Waals surface area contributed by atoms with Crippen LogP contribution >= 0.6 is 0 Å². The van der Waals surface area contributed by atoms with Crippen molar-refractivity contribution in [2.45, 2.75) is 76.4 Å². The average molecular weight is 302 g/mol. The van der Waals surface area contributed by atoms with Crippen molar-refractivity contribution >= 4 is 0 Å². The Kier molecular flexibility index (Phi) is 3.41. The van der Waals surface area contributed by atoms with Gasteiger partial charge in [0, 0.05) is 5.41 Å². The van der Waals surface area contributed by atoms with E-state index in [2.05, 4.69) is 12.8 Å². The van der Waals surface area contributed by atoms with Crippen LogP contribution in [0.5, 0.6) is 0 Å². The minimum absolute atomic E-state index is 0.0512. The molecule has 2 heteroatoms. The number of hydrogen-bond acceptors (Lipinski definition) is 2. The topological polar surface area (TPSA) is 40.5 Å². The highest BCUT2D eigenvalue weighted by atomic mass is 16.3. The van der Waals surface area contributed by atoms with Crippen LogP contribution in [0.15, 0.2) is 0 Å². The molecule has 0 aliphatic heterocycles. The van der Waals surface area contributed by atoms with Gasteiger partial charge < -0.3 is 10.2 Å². The molecule has 0 saturated heterocycles. The zero-order valence-corrected chi connectivity index (χ0v) is 13.8. The first-order chi connectivity index (χ1) is 10.5. The van der Waals surface area contributed by atoms with Gasteiger partial charge in [-0.2, -0.15) is 0 Å². The molecule has 2 nitrogen and oxygen atoms in total. The minimum Gasteiger partial charge on any atom is -0.393 e. The second-order valence-corrected chi connectivity index (χ2v) is 8.90. The summed E-state index contributed by atoms with van der Waals surface area (Å²) in [4.78, 5) is 0. The third-order valence-corrected chi connectivity index (χ3v) is 8.32. The first-order valence-electron chi connectivity index (χ1n) is 9.37. The molecule has 0 aromatic rings. The summed E-state index contributed by atoms with van der Waals surface area (Å²) in [5, 5.41) is 20.9. The standard InChI is InChI=1S/C20H30O2/c1-3-20(22)11-9-18-17-6-4-13-12-14(21)5-7-15(13)16(17)8-10-19(18,20)2/h1,13-18,21-22H,4-12H2,2H3/t13-,14-,15+,16-,17-,18-,19+,20+/m1/s1. The van der Waals surface area contributed by atoms with Gasteiger partial charge in [-0.15, -0.1) is 6.42 Å². The summed E-state index contributed by atoms with van der Waals surface area (Å²) in [5.41, 5.74) is -0.938. The van der Waals surface area contributed by atoms with Crippen LogP contribution in [0, 0.1) is 47.3 Å². The van der Waals surface area contributed by atoms with Crippen molar-refractivity contribution in [3.8, 4) is 12.3 Å². The molecule has 122 valence electrons. The second kappa shape index (κ2) is 4.99. The van der Waals surface area contributed by atoms with Crippen LogP contribution in [0.4, 0.5) is 0 Å². The van der Waals surface area contributed by atoms with E-state index in [9.17, 15) is 10.2 Å². The quantitative estimate of drug-likeness (QED) is 0.674. The van der Waals surface area contributed by atoms with Gasteiger partial charge in [0.25, 0.3) is 0 Å². The molecular formula is C20H30O2. The first kappa shape index (κ1) is 15.0. The van der Waals surface area contributed by atoms with E-state index in [0.29, 0.717) is 5.92 Å². The lowest BCUT2D eigenvalue weighted by atomic mass is 9.49. The second-order valence-electron chi connectivity index (χ2n) is 8.90. The lowest BCUT2D eigenvalue weighted by Crippen LogP contribution is -2.53. The summed E-state index contributed by atoms with van der Waals surface area (Å²) in [7, 11) is 0. The van der Waals surface area contributed by atoms with E-state index in [1.807, 2.05) is 0 Å². The van der Waals surface area contributed by atoms with Gasteiger partial charge in [-0.25, -0.2) is 0 Å². The zero-order chi connectivity index (χ0) is 15.5. The van der Waals surface area contributed by atoms with E-state index in [1.165, 1.54) is 25.7 Å². The molecule has 4 fully saturated rings. The zero-order valence-electron chi connectivity index (χ0n) is 13.8. The monoisotopic (exact) mass is 302 g/mol. The van der Waals surface area contributed by atoms with Crippen molar-refractivity contribution in [1.29, 1.82) is 0 Å². The first-order valence-corrected chi connectivity index (χ1v) is 9.37. The highest BCUT2D eigenvalue weighted by Gasteiger charge is 2.62. The molecule has 0 heterocycles. The molecule has 22 heavy (non-hydrogen) atoms. The predicted octanol–water partition coefficient (Wildman–Crippen LogP) is 3.36. The van der Waals surface area contributed by atoms with Crippen molar-refractivity contribution in [3.05, 3.63) is 0 Å². The summed E-state index contributed by atoms with van der Waals surface area (Å²) in [6.07, 6.45) is 15.7. The third kappa shape index (κ3) is 1.88. The Bertz CT molecular complexity index is 494. The largest absolute Gasteiger partial charge is 0.393 e. The maximum atomic E-state index is 10.9. The molecule has 4 aliphatic carbocycles. The van der Waals surface area contributed by atoms with E-state index in [4.69, 9.17) is 6.42 Å². The predicted molar refractivity (Wildman–Crippen MR) is 86.9 cm³/mol. The van der Waals surface area contributed by atoms with E-state index >= 15 is 0 Å². The number of fused-ring (bicyclic) bond motifs is 5. The van der Waals surface area contributed by atoms with Crippen LogP contribution in [0.3, 0.4) is 0 Å². The van der Waals surface area contributed by atoms with E-state index in [0.717, 1.165) is 55.8 Å². The van der Waals surface area contributed by atoms with Crippen LogP contribution in [-0.4, -0.2) is 21.9 Å². The molecule has 4 rings (SSSR count).